The van der Waals surface area contributed by atoms with E-state index in [-0.39, 0.29) is 11.5 Å². The molecule has 0 unspecified atom stereocenters. The second-order valence-corrected chi connectivity index (χ2v) is 6.81. The van der Waals surface area contributed by atoms with Crippen LogP contribution in [0.3, 0.4) is 0 Å². The Labute approximate surface area is 127 Å². The maximum atomic E-state index is 9.88. The Morgan fingerprint density at radius 1 is 1.05 bits per heavy atom. The highest BCUT2D eigenvalue weighted by Gasteiger charge is 2.36. The first-order chi connectivity index (χ1) is 10.1. The summed E-state index contributed by atoms with van der Waals surface area (Å²) in [5.41, 5.74) is 1.62. The lowest BCUT2D eigenvalue weighted by Crippen LogP contribution is -2.41. The number of nitrogens with zero attached hydrogens (tertiary/aromatic N) is 1. The molecule has 1 N–H and O–H groups in total. The topological polar surface area (TPSA) is 23.5 Å². The maximum Gasteiger partial charge on any atom is 0.0541 e. The van der Waals surface area contributed by atoms with Gasteiger partial charge in [-0.2, -0.15) is 0 Å². The van der Waals surface area contributed by atoms with E-state index in [2.05, 4.69) is 61.5 Å². The summed E-state index contributed by atoms with van der Waals surface area (Å²) in [5, 5.41) is 12.5. The number of hydrogen-bond acceptors (Lipinski definition) is 2. The van der Waals surface area contributed by atoms with Crippen molar-refractivity contribution in [2.24, 2.45) is 0 Å². The molecule has 1 fully saturated rings. The Kier molecular flexibility index (Phi) is 4.01. The second-order valence-electron chi connectivity index (χ2n) is 6.81. The Balaban J connectivity index is 2.01. The van der Waals surface area contributed by atoms with E-state index in [9.17, 15) is 5.11 Å². The molecular formula is C19H25NO. The Morgan fingerprint density at radius 2 is 1.71 bits per heavy atom. The minimum absolute atomic E-state index is 0.110. The molecule has 3 rings (SSSR count). The van der Waals surface area contributed by atoms with Crippen LogP contribution in [-0.4, -0.2) is 36.8 Å². The molecule has 0 aliphatic heterocycles. The highest BCUT2D eigenvalue weighted by atomic mass is 16.3. The van der Waals surface area contributed by atoms with Crippen LogP contribution in [0.1, 0.15) is 31.2 Å². The standard InChI is InChI=1S/C19H25NO/c1-20(2)14-19(11-9-18(21)10-12-19)17-8-7-15-5-3-4-6-16(15)13-17/h3-8,13,18,21H,9-12,14H2,1-2H3/t18-,19-. The van der Waals surface area contributed by atoms with Crippen LogP contribution in [0, 0.1) is 0 Å². The smallest absolute Gasteiger partial charge is 0.0541 e. The van der Waals surface area contributed by atoms with Crippen LogP contribution in [0.25, 0.3) is 10.8 Å². The van der Waals surface area contributed by atoms with Crippen molar-refractivity contribution in [2.75, 3.05) is 20.6 Å². The third kappa shape index (κ3) is 2.97. The molecule has 0 aromatic heterocycles. The average molecular weight is 283 g/mol. The zero-order valence-electron chi connectivity index (χ0n) is 13.0. The van der Waals surface area contributed by atoms with Crippen molar-refractivity contribution >= 4 is 10.8 Å². The molecule has 2 nitrogen and oxygen atoms in total. The largest absolute Gasteiger partial charge is 0.393 e. The van der Waals surface area contributed by atoms with E-state index in [4.69, 9.17) is 0 Å². The Bertz CT molecular complexity index is 612. The predicted molar refractivity (Wildman–Crippen MR) is 88.7 cm³/mol. The predicted octanol–water partition coefficient (Wildman–Crippen LogP) is 3.57. The first kappa shape index (κ1) is 14.6. The fourth-order valence-corrected chi connectivity index (χ4v) is 3.82. The van der Waals surface area contributed by atoms with Gasteiger partial charge in [0.1, 0.15) is 0 Å². The second kappa shape index (κ2) is 5.78. The van der Waals surface area contributed by atoms with Crippen molar-refractivity contribution in [1.82, 2.24) is 4.90 Å². The zero-order valence-corrected chi connectivity index (χ0v) is 13.0. The first-order valence-electron chi connectivity index (χ1n) is 7.91. The van der Waals surface area contributed by atoms with E-state index >= 15 is 0 Å². The van der Waals surface area contributed by atoms with Crippen LogP contribution in [0.2, 0.25) is 0 Å². The molecule has 0 amide bonds. The summed E-state index contributed by atoms with van der Waals surface area (Å²) in [6.07, 6.45) is 3.87. The number of fused-ring (bicyclic) bond motifs is 1. The molecule has 2 aromatic rings. The van der Waals surface area contributed by atoms with E-state index < -0.39 is 0 Å². The summed E-state index contributed by atoms with van der Waals surface area (Å²) in [4.78, 5) is 2.28. The van der Waals surface area contributed by atoms with Gasteiger partial charge in [0.15, 0.2) is 0 Å². The fraction of sp³-hybridized carbons (Fsp3) is 0.474. The van der Waals surface area contributed by atoms with E-state index in [1.807, 2.05) is 0 Å². The SMILES string of the molecule is CN(C)C[C@]1(c2ccc3ccccc3c2)CC[C@H](O)CC1. The number of benzene rings is 2. The lowest BCUT2D eigenvalue weighted by atomic mass is 9.68. The van der Waals surface area contributed by atoms with Gasteiger partial charge in [-0.25, -0.2) is 0 Å². The van der Waals surface area contributed by atoms with Crippen LogP contribution < -0.4 is 0 Å². The minimum Gasteiger partial charge on any atom is -0.393 e. The molecule has 0 radical (unpaired) electrons. The van der Waals surface area contributed by atoms with Crippen molar-refractivity contribution in [2.45, 2.75) is 37.2 Å². The van der Waals surface area contributed by atoms with Crippen molar-refractivity contribution in [3.8, 4) is 0 Å². The van der Waals surface area contributed by atoms with Gasteiger partial charge in [-0.3, -0.25) is 0 Å². The third-order valence-electron chi connectivity index (χ3n) is 4.89. The summed E-state index contributed by atoms with van der Waals surface area (Å²) >= 11 is 0. The molecule has 0 heterocycles. The zero-order chi connectivity index (χ0) is 14.9. The lowest BCUT2D eigenvalue weighted by Gasteiger charge is -2.41. The summed E-state index contributed by atoms with van der Waals surface area (Å²) in [6, 6.07) is 15.5. The number of aliphatic hydroxyl groups excluding tert-OH is 1. The minimum atomic E-state index is -0.110. The molecule has 0 atom stereocenters. The summed E-state index contributed by atoms with van der Waals surface area (Å²) < 4.78 is 0. The molecule has 1 saturated carbocycles. The highest BCUT2D eigenvalue weighted by molar-refractivity contribution is 5.83. The molecular weight excluding hydrogens is 258 g/mol. The molecule has 1 aliphatic rings. The van der Waals surface area contributed by atoms with Crippen molar-refractivity contribution in [3.05, 3.63) is 48.0 Å². The summed E-state index contributed by atoms with van der Waals surface area (Å²) in [6.45, 7) is 1.05. The average Bonchev–Trinajstić information content (AvgIpc) is 2.49. The summed E-state index contributed by atoms with van der Waals surface area (Å²) in [7, 11) is 4.29. The van der Waals surface area contributed by atoms with Crippen molar-refractivity contribution in [1.29, 1.82) is 0 Å². The molecule has 2 aromatic carbocycles. The Morgan fingerprint density at radius 3 is 2.38 bits per heavy atom. The van der Waals surface area contributed by atoms with Gasteiger partial charge in [0.05, 0.1) is 6.10 Å². The van der Waals surface area contributed by atoms with E-state index in [0.29, 0.717) is 0 Å². The number of hydrogen-bond donors (Lipinski definition) is 1. The third-order valence-corrected chi connectivity index (χ3v) is 4.89. The quantitative estimate of drug-likeness (QED) is 0.931. The lowest BCUT2D eigenvalue weighted by molar-refractivity contribution is 0.0843. The van der Waals surface area contributed by atoms with Gasteiger partial charge >= 0.3 is 0 Å². The monoisotopic (exact) mass is 283 g/mol. The molecule has 1 aliphatic carbocycles. The van der Waals surface area contributed by atoms with Crippen molar-refractivity contribution in [3.63, 3.8) is 0 Å². The van der Waals surface area contributed by atoms with Gasteiger partial charge in [0.25, 0.3) is 0 Å². The molecule has 0 saturated heterocycles. The van der Waals surface area contributed by atoms with Crippen molar-refractivity contribution < 1.29 is 5.11 Å². The van der Waals surface area contributed by atoms with Crippen LogP contribution >= 0.6 is 0 Å². The number of aliphatic hydroxyl groups is 1. The van der Waals surface area contributed by atoms with Crippen LogP contribution in [0.15, 0.2) is 42.5 Å². The number of likely N-dealkylation sites (N-methyl/N-ethyl adjacent to an activating group) is 1. The van der Waals surface area contributed by atoms with Gasteiger partial charge in [-0.05, 0) is 56.1 Å². The van der Waals surface area contributed by atoms with Crippen LogP contribution in [0.4, 0.5) is 0 Å². The molecule has 0 bridgehead atoms. The van der Waals surface area contributed by atoms with Gasteiger partial charge in [-0.15, -0.1) is 0 Å². The van der Waals surface area contributed by atoms with E-state index in [1.165, 1.54) is 16.3 Å². The molecule has 112 valence electrons. The van der Waals surface area contributed by atoms with E-state index in [0.717, 1.165) is 32.2 Å². The summed E-state index contributed by atoms with van der Waals surface area (Å²) in [5.74, 6) is 0. The van der Waals surface area contributed by atoms with Gasteiger partial charge < -0.3 is 10.0 Å². The van der Waals surface area contributed by atoms with Gasteiger partial charge in [0.2, 0.25) is 0 Å². The van der Waals surface area contributed by atoms with Gasteiger partial charge in [0, 0.05) is 12.0 Å². The Hall–Kier alpha value is -1.38. The normalized spacial score (nSPS) is 26.4. The molecule has 0 spiro atoms. The van der Waals surface area contributed by atoms with Gasteiger partial charge in [-0.1, -0.05) is 42.5 Å². The van der Waals surface area contributed by atoms with Crippen LogP contribution in [0.5, 0.6) is 0 Å². The maximum absolute atomic E-state index is 9.88. The van der Waals surface area contributed by atoms with E-state index in [1.54, 1.807) is 0 Å². The molecule has 2 heteroatoms. The number of rotatable bonds is 3. The highest BCUT2D eigenvalue weighted by Crippen LogP contribution is 2.40. The molecule has 21 heavy (non-hydrogen) atoms. The fourth-order valence-electron chi connectivity index (χ4n) is 3.82. The van der Waals surface area contributed by atoms with Crippen LogP contribution in [-0.2, 0) is 5.41 Å². The first-order valence-corrected chi connectivity index (χ1v) is 7.91.